The van der Waals surface area contributed by atoms with Crippen LogP contribution in [0.25, 0.3) is 0 Å². The summed E-state index contributed by atoms with van der Waals surface area (Å²) in [5, 5.41) is 0. The fourth-order valence-electron chi connectivity index (χ4n) is 0.260. The standard InChI is InChI=1S/C6H10O3.Ag/c1-4(2)6(8)9-5(3)7;/h4H,1-3H3;. The van der Waals surface area contributed by atoms with Crippen LogP contribution in [0.4, 0.5) is 0 Å². The second-order valence-corrected chi connectivity index (χ2v) is 2.07. The van der Waals surface area contributed by atoms with Crippen LogP contribution in [0.15, 0.2) is 0 Å². The molecule has 0 N–H and O–H groups in total. The van der Waals surface area contributed by atoms with Crippen LogP contribution in [0, 0.1) is 5.92 Å². The molecule has 1 radical (unpaired) electrons. The van der Waals surface area contributed by atoms with Gasteiger partial charge in [0.2, 0.25) is 0 Å². The number of esters is 2. The van der Waals surface area contributed by atoms with Crippen molar-refractivity contribution in [2.45, 2.75) is 20.8 Å². The van der Waals surface area contributed by atoms with Crippen LogP contribution in [0.5, 0.6) is 0 Å². The average Bonchev–Trinajstić information content (AvgIpc) is 1.63. The van der Waals surface area contributed by atoms with Crippen molar-refractivity contribution in [3.63, 3.8) is 0 Å². The summed E-state index contributed by atoms with van der Waals surface area (Å²) < 4.78 is 4.23. The van der Waals surface area contributed by atoms with Gasteiger partial charge in [0.05, 0.1) is 5.92 Å². The molecule has 0 saturated carbocycles. The summed E-state index contributed by atoms with van der Waals surface area (Å²) in [5.74, 6) is -1.25. The predicted octanol–water partition coefficient (Wildman–Crippen LogP) is 0.730. The third kappa shape index (κ3) is 6.01. The Morgan fingerprint density at radius 1 is 1.30 bits per heavy atom. The van der Waals surface area contributed by atoms with E-state index in [1.54, 1.807) is 13.8 Å². The molecule has 0 fully saturated rings. The predicted molar refractivity (Wildman–Crippen MR) is 31.6 cm³/mol. The summed E-state index contributed by atoms with van der Waals surface area (Å²) in [6.45, 7) is 4.55. The van der Waals surface area contributed by atoms with Gasteiger partial charge in [-0.3, -0.25) is 9.59 Å². The smallest absolute Gasteiger partial charge is 0.316 e. The molecule has 0 bridgehead atoms. The van der Waals surface area contributed by atoms with Crippen molar-refractivity contribution in [3.05, 3.63) is 0 Å². The van der Waals surface area contributed by atoms with Gasteiger partial charge in [0, 0.05) is 29.3 Å². The van der Waals surface area contributed by atoms with Gasteiger partial charge in [-0.1, -0.05) is 13.8 Å². The minimum atomic E-state index is -0.547. The summed E-state index contributed by atoms with van der Waals surface area (Å²) in [5.41, 5.74) is 0. The number of hydrogen-bond donors (Lipinski definition) is 0. The maximum Gasteiger partial charge on any atom is 0.316 e. The minimum absolute atomic E-state index is 0. The molecule has 63 valence electrons. The van der Waals surface area contributed by atoms with Gasteiger partial charge in [0.25, 0.3) is 0 Å². The van der Waals surface area contributed by atoms with Crippen molar-refractivity contribution in [2.75, 3.05) is 0 Å². The van der Waals surface area contributed by atoms with Crippen molar-refractivity contribution < 1.29 is 36.7 Å². The first-order valence-corrected chi connectivity index (χ1v) is 2.76. The van der Waals surface area contributed by atoms with E-state index < -0.39 is 11.9 Å². The van der Waals surface area contributed by atoms with Crippen LogP contribution in [0.3, 0.4) is 0 Å². The fourth-order valence-corrected chi connectivity index (χ4v) is 0.260. The van der Waals surface area contributed by atoms with E-state index in [-0.39, 0.29) is 28.3 Å². The van der Waals surface area contributed by atoms with Gasteiger partial charge < -0.3 is 4.74 Å². The van der Waals surface area contributed by atoms with E-state index in [2.05, 4.69) is 4.74 Å². The zero-order chi connectivity index (χ0) is 7.44. The van der Waals surface area contributed by atoms with E-state index >= 15 is 0 Å². The number of carbonyl (C=O) groups excluding carboxylic acids is 2. The Hall–Kier alpha value is -0.120. The van der Waals surface area contributed by atoms with E-state index in [1.807, 2.05) is 0 Å². The first-order chi connectivity index (χ1) is 4.04. The molecule has 4 heteroatoms. The van der Waals surface area contributed by atoms with Gasteiger partial charge in [0.1, 0.15) is 0 Å². The first-order valence-electron chi connectivity index (χ1n) is 2.76. The molecular formula is C6H10AgO3. The fraction of sp³-hybridized carbons (Fsp3) is 0.667. The van der Waals surface area contributed by atoms with Crippen LogP contribution in [0.2, 0.25) is 0 Å². The van der Waals surface area contributed by atoms with Crippen molar-refractivity contribution >= 4 is 11.9 Å². The Balaban J connectivity index is 0. The second kappa shape index (κ2) is 5.65. The average molecular weight is 238 g/mol. The maximum absolute atomic E-state index is 10.5. The summed E-state index contributed by atoms with van der Waals surface area (Å²) in [6.07, 6.45) is 0. The van der Waals surface area contributed by atoms with E-state index in [0.717, 1.165) is 0 Å². The molecular weight excluding hydrogens is 228 g/mol. The Kier molecular flexibility index (Phi) is 7.09. The Bertz CT molecular complexity index is 131. The Morgan fingerprint density at radius 2 is 1.70 bits per heavy atom. The second-order valence-electron chi connectivity index (χ2n) is 2.07. The molecule has 0 aromatic heterocycles. The first kappa shape index (κ1) is 12.5. The van der Waals surface area contributed by atoms with Crippen molar-refractivity contribution in [1.82, 2.24) is 0 Å². The van der Waals surface area contributed by atoms with Gasteiger partial charge in [-0.15, -0.1) is 0 Å². The molecule has 0 aromatic rings. The molecule has 3 nitrogen and oxygen atoms in total. The number of carbonyl (C=O) groups is 2. The molecule has 10 heavy (non-hydrogen) atoms. The normalized spacial score (nSPS) is 8.40. The van der Waals surface area contributed by atoms with E-state index in [1.165, 1.54) is 6.92 Å². The molecule has 0 spiro atoms. The molecule has 0 aliphatic carbocycles. The zero-order valence-corrected chi connectivity index (χ0v) is 7.59. The monoisotopic (exact) mass is 237 g/mol. The minimum Gasteiger partial charge on any atom is -0.393 e. The summed E-state index contributed by atoms with van der Waals surface area (Å²) in [6, 6.07) is 0. The van der Waals surface area contributed by atoms with Gasteiger partial charge in [-0.25, -0.2) is 0 Å². The van der Waals surface area contributed by atoms with Crippen molar-refractivity contribution in [1.29, 1.82) is 0 Å². The largest absolute Gasteiger partial charge is 0.393 e. The van der Waals surface area contributed by atoms with Crippen molar-refractivity contribution in [2.24, 2.45) is 5.92 Å². The third-order valence-corrected chi connectivity index (χ3v) is 0.716. The summed E-state index contributed by atoms with van der Waals surface area (Å²) in [4.78, 5) is 20.6. The Morgan fingerprint density at radius 3 is 1.80 bits per heavy atom. The van der Waals surface area contributed by atoms with Gasteiger partial charge in [-0.2, -0.15) is 0 Å². The van der Waals surface area contributed by atoms with E-state index in [9.17, 15) is 9.59 Å². The third-order valence-electron chi connectivity index (χ3n) is 0.716. The summed E-state index contributed by atoms with van der Waals surface area (Å²) >= 11 is 0. The molecule has 0 aliphatic rings. The SMILES string of the molecule is CC(=O)OC(=O)C(C)C.[Ag]. The van der Waals surface area contributed by atoms with Crippen LogP contribution in [-0.4, -0.2) is 11.9 Å². The topological polar surface area (TPSA) is 43.4 Å². The number of rotatable bonds is 1. The van der Waals surface area contributed by atoms with Crippen LogP contribution < -0.4 is 0 Å². The molecule has 0 heterocycles. The maximum atomic E-state index is 10.5. The van der Waals surface area contributed by atoms with Gasteiger partial charge >= 0.3 is 11.9 Å². The van der Waals surface area contributed by atoms with E-state index in [4.69, 9.17) is 0 Å². The molecule has 0 aliphatic heterocycles. The number of ether oxygens (including phenoxy) is 1. The zero-order valence-electron chi connectivity index (χ0n) is 6.10. The van der Waals surface area contributed by atoms with Crippen molar-refractivity contribution in [3.8, 4) is 0 Å². The Labute approximate surface area is 75.6 Å². The molecule has 0 amide bonds. The van der Waals surface area contributed by atoms with Gasteiger partial charge in [-0.05, 0) is 0 Å². The van der Waals surface area contributed by atoms with Crippen LogP contribution >= 0.6 is 0 Å². The number of hydrogen-bond acceptors (Lipinski definition) is 3. The molecule has 0 saturated heterocycles. The molecule has 0 aromatic carbocycles. The van der Waals surface area contributed by atoms with Gasteiger partial charge in [0.15, 0.2) is 0 Å². The van der Waals surface area contributed by atoms with Crippen LogP contribution in [0.1, 0.15) is 20.8 Å². The summed E-state index contributed by atoms with van der Waals surface area (Å²) in [7, 11) is 0. The van der Waals surface area contributed by atoms with Crippen LogP contribution in [-0.2, 0) is 36.7 Å². The molecule has 0 unspecified atom stereocenters. The molecule has 0 rings (SSSR count). The molecule has 0 atom stereocenters. The quantitative estimate of drug-likeness (QED) is 0.384. The van der Waals surface area contributed by atoms with E-state index in [0.29, 0.717) is 0 Å².